The van der Waals surface area contributed by atoms with E-state index in [2.05, 4.69) is 83.8 Å². The first-order valence-corrected chi connectivity index (χ1v) is 12.7. The molecule has 0 amide bonds. The van der Waals surface area contributed by atoms with Gasteiger partial charge in [-0.05, 0) is 54.7 Å². The molecule has 2 fully saturated rings. The van der Waals surface area contributed by atoms with E-state index in [9.17, 15) is 5.26 Å². The molecule has 0 spiro atoms. The standard InChI is InChI=1S/C31H34N2O/c32-24-31(27-12-6-2-7-13-27,28-14-8-3-9-15-28)22-26-20-29-16-17-30(21-26)33(29)18-19-34-23-25-10-4-1-5-11-25/h1-15,26,29-30H,16-23H2/t26?,29-,30+. The van der Waals surface area contributed by atoms with Crippen LogP contribution in [-0.4, -0.2) is 30.1 Å². The third kappa shape index (κ3) is 4.80. The molecule has 174 valence electrons. The summed E-state index contributed by atoms with van der Waals surface area (Å²) in [5.74, 6) is 0.555. The van der Waals surface area contributed by atoms with E-state index in [4.69, 9.17) is 4.74 Å². The van der Waals surface area contributed by atoms with E-state index in [1.807, 2.05) is 18.2 Å². The molecule has 2 aliphatic rings. The van der Waals surface area contributed by atoms with Crippen molar-refractivity contribution in [3.8, 4) is 6.07 Å². The zero-order chi connectivity index (χ0) is 23.2. The first-order chi connectivity index (χ1) is 16.8. The number of nitrogens with zero attached hydrogens (tertiary/aromatic N) is 2. The van der Waals surface area contributed by atoms with E-state index in [0.717, 1.165) is 30.7 Å². The van der Waals surface area contributed by atoms with Crippen LogP contribution in [0.5, 0.6) is 0 Å². The molecule has 3 atom stereocenters. The van der Waals surface area contributed by atoms with Gasteiger partial charge < -0.3 is 4.74 Å². The lowest BCUT2D eigenvalue weighted by Crippen LogP contribution is -2.45. The van der Waals surface area contributed by atoms with Gasteiger partial charge in [-0.15, -0.1) is 0 Å². The fraction of sp³-hybridized carbons (Fsp3) is 0.387. The minimum atomic E-state index is -0.590. The van der Waals surface area contributed by atoms with Crippen molar-refractivity contribution >= 4 is 0 Å². The number of ether oxygens (including phenoxy) is 1. The van der Waals surface area contributed by atoms with Crippen LogP contribution >= 0.6 is 0 Å². The molecule has 0 aromatic heterocycles. The summed E-state index contributed by atoms with van der Waals surface area (Å²) >= 11 is 0. The van der Waals surface area contributed by atoms with Gasteiger partial charge in [0.05, 0.1) is 19.3 Å². The van der Waals surface area contributed by atoms with Crippen molar-refractivity contribution in [1.82, 2.24) is 4.90 Å². The maximum Gasteiger partial charge on any atom is 0.107 e. The fourth-order valence-electron chi connectivity index (χ4n) is 6.31. The normalized spacial score (nSPS) is 22.4. The Balaban J connectivity index is 1.25. The van der Waals surface area contributed by atoms with Crippen molar-refractivity contribution in [3.05, 3.63) is 108 Å². The van der Waals surface area contributed by atoms with E-state index in [1.165, 1.54) is 31.2 Å². The molecule has 3 aromatic rings. The van der Waals surface area contributed by atoms with Crippen LogP contribution in [0.3, 0.4) is 0 Å². The molecular formula is C31H34N2O. The summed E-state index contributed by atoms with van der Waals surface area (Å²) in [4.78, 5) is 2.70. The van der Waals surface area contributed by atoms with Gasteiger partial charge in [0.2, 0.25) is 0 Å². The average Bonchev–Trinajstić information content (AvgIpc) is 3.14. The quantitative estimate of drug-likeness (QED) is 0.357. The van der Waals surface area contributed by atoms with Gasteiger partial charge >= 0.3 is 0 Å². The summed E-state index contributed by atoms with van der Waals surface area (Å²) in [6.45, 7) is 2.48. The third-order valence-electron chi connectivity index (χ3n) is 7.91. The first-order valence-electron chi connectivity index (χ1n) is 12.7. The van der Waals surface area contributed by atoms with Gasteiger partial charge in [-0.2, -0.15) is 5.26 Å². The highest BCUT2D eigenvalue weighted by Crippen LogP contribution is 2.45. The molecule has 0 radical (unpaired) electrons. The molecule has 5 rings (SSSR count). The second kappa shape index (κ2) is 10.6. The molecule has 2 aliphatic heterocycles. The lowest BCUT2D eigenvalue weighted by molar-refractivity contribution is 0.0436. The second-order valence-electron chi connectivity index (χ2n) is 9.95. The van der Waals surface area contributed by atoms with Crippen LogP contribution in [0.15, 0.2) is 91.0 Å². The van der Waals surface area contributed by atoms with E-state index < -0.39 is 5.41 Å². The highest BCUT2D eigenvalue weighted by atomic mass is 16.5. The maximum absolute atomic E-state index is 10.6. The van der Waals surface area contributed by atoms with Gasteiger partial charge in [-0.3, -0.25) is 4.90 Å². The number of nitriles is 1. The van der Waals surface area contributed by atoms with Crippen molar-refractivity contribution in [2.24, 2.45) is 5.92 Å². The summed E-state index contributed by atoms with van der Waals surface area (Å²) in [6.07, 6.45) is 5.80. The van der Waals surface area contributed by atoms with Gasteiger partial charge in [0.15, 0.2) is 0 Å². The van der Waals surface area contributed by atoms with Gasteiger partial charge in [0.1, 0.15) is 5.41 Å². The molecule has 2 bridgehead atoms. The van der Waals surface area contributed by atoms with E-state index in [-0.39, 0.29) is 0 Å². The van der Waals surface area contributed by atoms with E-state index in [0.29, 0.717) is 24.6 Å². The summed E-state index contributed by atoms with van der Waals surface area (Å²) in [7, 11) is 0. The first kappa shape index (κ1) is 22.8. The minimum absolute atomic E-state index is 0.555. The van der Waals surface area contributed by atoms with Crippen LogP contribution in [0.4, 0.5) is 0 Å². The summed E-state index contributed by atoms with van der Waals surface area (Å²) in [5.41, 5.74) is 2.88. The summed E-state index contributed by atoms with van der Waals surface area (Å²) in [5, 5.41) is 10.6. The van der Waals surface area contributed by atoms with Crippen LogP contribution < -0.4 is 0 Å². The Bertz CT molecular complexity index is 1020. The third-order valence-corrected chi connectivity index (χ3v) is 7.91. The second-order valence-corrected chi connectivity index (χ2v) is 9.95. The number of hydrogen-bond acceptors (Lipinski definition) is 3. The predicted molar refractivity (Wildman–Crippen MR) is 136 cm³/mol. The highest BCUT2D eigenvalue weighted by Gasteiger charge is 2.44. The van der Waals surface area contributed by atoms with Crippen LogP contribution in [0.1, 0.15) is 48.8 Å². The molecule has 3 aromatic carbocycles. The topological polar surface area (TPSA) is 36.3 Å². The molecule has 2 saturated heterocycles. The van der Waals surface area contributed by atoms with E-state index >= 15 is 0 Å². The van der Waals surface area contributed by atoms with E-state index in [1.54, 1.807) is 0 Å². The molecule has 0 saturated carbocycles. The van der Waals surface area contributed by atoms with Gasteiger partial charge in [-0.25, -0.2) is 0 Å². The largest absolute Gasteiger partial charge is 0.375 e. The molecule has 1 unspecified atom stereocenters. The zero-order valence-electron chi connectivity index (χ0n) is 19.9. The Kier molecular flexibility index (Phi) is 7.09. The fourth-order valence-corrected chi connectivity index (χ4v) is 6.31. The molecule has 2 heterocycles. The molecule has 0 N–H and O–H groups in total. The van der Waals surface area contributed by atoms with Crippen molar-refractivity contribution in [3.63, 3.8) is 0 Å². The van der Waals surface area contributed by atoms with Crippen LogP contribution in [0, 0.1) is 17.2 Å². The summed E-state index contributed by atoms with van der Waals surface area (Å²) in [6, 6.07) is 35.3. The SMILES string of the molecule is N#CC(CC1C[C@H]2CC[C@@H](C1)N2CCOCc1ccccc1)(c1ccccc1)c1ccccc1. The van der Waals surface area contributed by atoms with Crippen molar-refractivity contribution in [2.75, 3.05) is 13.2 Å². The Hall–Kier alpha value is -2.93. The monoisotopic (exact) mass is 450 g/mol. The van der Waals surface area contributed by atoms with Gasteiger partial charge in [0, 0.05) is 18.6 Å². The van der Waals surface area contributed by atoms with Crippen LogP contribution in [0.25, 0.3) is 0 Å². The number of fused-ring (bicyclic) bond motifs is 2. The number of hydrogen-bond donors (Lipinski definition) is 0. The zero-order valence-corrected chi connectivity index (χ0v) is 19.9. The minimum Gasteiger partial charge on any atom is -0.375 e. The van der Waals surface area contributed by atoms with Crippen molar-refractivity contribution in [1.29, 1.82) is 5.26 Å². The van der Waals surface area contributed by atoms with Crippen LogP contribution in [-0.2, 0) is 16.8 Å². The summed E-state index contributed by atoms with van der Waals surface area (Å²) < 4.78 is 6.00. The molecule has 34 heavy (non-hydrogen) atoms. The number of benzene rings is 3. The Morgan fingerprint density at radius 1 is 0.794 bits per heavy atom. The lowest BCUT2D eigenvalue weighted by Gasteiger charge is -2.41. The molecule has 3 heteroatoms. The maximum atomic E-state index is 10.6. The number of piperidine rings is 1. The van der Waals surface area contributed by atoms with Gasteiger partial charge in [-0.1, -0.05) is 91.0 Å². The molecule has 3 nitrogen and oxygen atoms in total. The highest BCUT2D eigenvalue weighted by molar-refractivity contribution is 5.46. The van der Waals surface area contributed by atoms with Crippen molar-refractivity contribution < 1.29 is 4.74 Å². The Morgan fingerprint density at radius 2 is 1.32 bits per heavy atom. The van der Waals surface area contributed by atoms with Crippen LogP contribution in [0.2, 0.25) is 0 Å². The predicted octanol–water partition coefficient (Wildman–Crippen LogP) is 6.35. The molecule has 0 aliphatic carbocycles. The Morgan fingerprint density at radius 3 is 1.85 bits per heavy atom. The van der Waals surface area contributed by atoms with Crippen molar-refractivity contribution in [2.45, 2.75) is 56.2 Å². The average molecular weight is 451 g/mol. The Labute approximate surface area is 204 Å². The van der Waals surface area contributed by atoms with Gasteiger partial charge in [0.25, 0.3) is 0 Å². The number of rotatable bonds is 9. The lowest BCUT2D eigenvalue weighted by atomic mass is 9.68. The molecular weight excluding hydrogens is 416 g/mol. The smallest absolute Gasteiger partial charge is 0.107 e.